The number of nitrogens with zero attached hydrogens (tertiary/aromatic N) is 3. The zero-order chi connectivity index (χ0) is 19.4. The fraction of sp³-hybridized carbons (Fsp3) is 0.250. The highest BCUT2D eigenvalue weighted by Crippen LogP contribution is 2.33. The maximum Gasteiger partial charge on any atom is 0.167 e. The molecule has 4 N–H and O–H groups in total. The molecule has 1 heterocycles. The van der Waals surface area contributed by atoms with E-state index < -0.39 is 0 Å². The van der Waals surface area contributed by atoms with Gasteiger partial charge in [-0.05, 0) is 30.7 Å². The van der Waals surface area contributed by atoms with Crippen LogP contribution in [0.5, 0.6) is 23.0 Å². The number of phenolic OH excluding ortho intramolecular Hbond substituents is 4. The van der Waals surface area contributed by atoms with Crippen molar-refractivity contribution in [3.05, 3.63) is 42.2 Å². The summed E-state index contributed by atoms with van der Waals surface area (Å²) in [6.45, 7) is 2.10. The Bertz CT molecular complexity index is 890. The first-order valence-electron chi connectivity index (χ1n) is 8.77. The summed E-state index contributed by atoms with van der Waals surface area (Å²) < 4.78 is 0. The number of aromatic hydroxyl groups is 4. The first kappa shape index (κ1) is 18.4. The number of phenols is 4. The van der Waals surface area contributed by atoms with Gasteiger partial charge in [0, 0.05) is 18.6 Å². The van der Waals surface area contributed by atoms with Crippen LogP contribution in [0.4, 0.5) is 0 Å². The van der Waals surface area contributed by atoms with Crippen LogP contribution in [-0.2, 0) is 6.42 Å². The topological polar surface area (TPSA) is 120 Å². The van der Waals surface area contributed by atoms with Crippen LogP contribution in [0.2, 0.25) is 0 Å². The van der Waals surface area contributed by atoms with Gasteiger partial charge in [-0.25, -0.2) is 15.0 Å². The van der Waals surface area contributed by atoms with Gasteiger partial charge < -0.3 is 20.4 Å². The highest BCUT2D eigenvalue weighted by atomic mass is 16.3. The predicted molar refractivity (Wildman–Crippen MR) is 101 cm³/mol. The Hall–Kier alpha value is -3.35. The molecule has 0 aliphatic heterocycles. The van der Waals surface area contributed by atoms with Crippen molar-refractivity contribution in [3.63, 3.8) is 0 Å². The van der Waals surface area contributed by atoms with E-state index in [0.717, 1.165) is 19.3 Å². The van der Waals surface area contributed by atoms with Gasteiger partial charge in [0.2, 0.25) is 0 Å². The SMILES string of the molecule is CCCCCc1nc(-c2ccc(O)cc2O)nc(-c2ccc(O)cc2O)n1. The Kier molecular flexibility index (Phi) is 5.40. The second-order valence-electron chi connectivity index (χ2n) is 6.26. The molecule has 0 aliphatic rings. The van der Waals surface area contributed by atoms with Gasteiger partial charge in [-0.2, -0.15) is 0 Å². The molecular weight excluding hydrogens is 346 g/mol. The highest BCUT2D eigenvalue weighted by molar-refractivity contribution is 5.70. The Morgan fingerprint density at radius 2 is 1.22 bits per heavy atom. The van der Waals surface area contributed by atoms with Crippen LogP contribution in [0, 0.1) is 0 Å². The monoisotopic (exact) mass is 367 g/mol. The molecule has 7 heteroatoms. The van der Waals surface area contributed by atoms with Crippen LogP contribution in [0.1, 0.15) is 32.0 Å². The molecule has 7 nitrogen and oxygen atoms in total. The third-order valence-electron chi connectivity index (χ3n) is 4.13. The molecule has 0 aliphatic carbocycles. The predicted octanol–water partition coefficient (Wildman–Crippen LogP) is 3.76. The van der Waals surface area contributed by atoms with Crippen molar-refractivity contribution < 1.29 is 20.4 Å². The van der Waals surface area contributed by atoms with Crippen LogP contribution in [0.25, 0.3) is 22.8 Å². The van der Waals surface area contributed by atoms with Crippen molar-refractivity contribution in [3.8, 4) is 45.8 Å². The summed E-state index contributed by atoms with van der Waals surface area (Å²) in [4.78, 5) is 13.3. The van der Waals surface area contributed by atoms with E-state index in [2.05, 4.69) is 21.9 Å². The first-order valence-corrected chi connectivity index (χ1v) is 8.77. The summed E-state index contributed by atoms with van der Waals surface area (Å²) in [6.07, 6.45) is 3.63. The lowest BCUT2D eigenvalue weighted by Gasteiger charge is -2.10. The van der Waals surface area contributed by atoms with Gasteiger partial charge in [0.05, 0.1) is 11.1 Å². The lowest BCUT2D eigenvalue weighted by molar-refractivity contribution is 0.451. The van der Waals surface area contributed by atoms with E-state index in [0.29, 0.717) is 23.4 Å². The molecule has 0 saturated heterocycles. The second kappa shape index (κ2) is 7.90. The van der Waals surface area contributed by atoms with Crippen LogP contribution in [0.15, 0.2) is 36.4 Å². The third-order valence-corrected chi connectivity index (χ3v) is 4.13. The van der Waals surface area contributed by atoms with Crippen LogP contribution in [-0.4, -0.2) is 35.4 Å². The fourth-order valence-corrected chi connectivity index (χ4v) is 2.72. The van der Waals surface area contributed by atoms with E-state index in [1.54, 1.807) is 0 Å². The standard InChI is InChI=1S/C20H21N3O4/c1-2-3-4-5-18-21-19(14-8-6-12(24)10-16(14)26)23-20(22-18)15-9-7-13(25)11-17(15)27/h6-11,24-27H,2-5H2,1H3. The molecule has 2 aromatic carbocycles. The Morgan fingerprint density at radius 1 is 0.704 bits per heavy atom. The summed E-state index contributed by atoms with van der Waals surface area (Å²) in [6, 6.07) is 8.36. The molecule has 0 atom stereocenters. The molecule has 0 unspecified atom stereocenters. The third kappa shape index (κ3) is 4.25. The quantitative estimate of drug-likeness (QED) is 0.490. The summed E-state index contributed by atoms with van der Waals surface area (Å²) in [5.74, 6) is 0.606. The molecule has 0 bridgehead atoms. The number of benzene rings is 2. The molecule has 0 fully saturated rings. The Morgan fingerprint density at radius 3 is 1.67 bits per heavy atom. The minimum absolute atomic E-state index is 0.0649. The Labute approximate surface area is 156 Å². The summed E-state index contributed by atoms with van der Waals surface area (Å²) in [5.41, 5.74) is 0.706. The van der Waals surface area contributed by atoms with Gasteiger partial charge in [-0.1, -0.05) is 19.8 Å². The van der Waals surface area contributed by atoms with E-state index in [1.165, 1.54) is 36.4 Å². The van der Waals surface area contributed by atoms with Gasteiger partial charge in [-0.15, -0.1) is 0 Å². The number of aryl methyl sites for hydroxylation is 1. The van der Waals surface area contributed by atoms with Crippen LogP contribution >= 0.6 is 0 Å². The highest BCUT2D eigenvalue weighted by Gasteiger charge is 2.16. The van der Waals surface area contributed by atoms with Crippen molar-refractivity contribution in [1.82, 2.24) is 15.0 Å². The lowest BCUT2D eigenvalue weighted by atomic mass is 10.1. The molecule has 140 valence electrons. The molecule has 0 spiro atoms. The van der Waals surface area contributed by atoms with Crippen LogP contribution in [0.3, 0.4) is 0 Å². The number of hydrogen-bond acceptors (Lipinski definition) is 7. The van der Waals surface area contributed by atoms with E-state index in [-0.39, 0.29) is 34.6 Å². The summed E-state index contributed by atoms with van der Waals surface area (Å²) >= 11 is 0. The average molecular weight is 367 g/mol. The molecular formula is C20H21N3O4. The maximum absolute atomic E-state index is 10.2. The number of hydrogen-bond donors (Lipinski definition) is 4. The maximum atomic E-state index is 10.2. The smallest absolute Gasteiger partial charge is 0.167 e. The van der Waals surface area contributed by atoms with E-state index >= 15 is 0 Å². The molecule has 27 heavy (non-hydrogen) atoms. The molecule has 0 radical (unpaired) electrons. The van der Waals surface area contributed by atoms with Gasteiger partial charge in [-0.3, -0.25) is 0 Å². The van der Waals surface area contributed by atoms with E-state index in [1.807, 2.05) is 0 Å². The zero-order valence-electron chi connectivity index (χ0n) is 14.9. The summed E-state index contributed by atoms with van der Waals surface area (Å²) in [5, 5.41) is 39.3. The minimum atomic E-state index is -0.151. The van der Waals surface area contributed by atoms with Gasteiger partial charge in [0.25, 0.3) is 0 Å². The van der Waals surface area contributed by atoms with Crippen molar-refractivity contribution in [2.75, 3.05) is 0 Å². The number of unbranched alkanes of at least 4 members (excludes halogenated alkanes) is 2. The van der Waals surface area contributed by atoms with Crippen LogP contribution < -0.4 is 0 Å². The van der Waals surface area contributed by atoms with Crippen molar-refractivity contribution >= 4 is 0 Å². The second-order valence-corrected chi connectivity index (χ2v) is 6.26. The zero-order valence-corrected chi connectivity index (χ0v) is 14.9. The first-order chi connectivity index (χ1) is 13.0. The molecule has 0 saturated carbocycles. The largest absolute Gasteiger partial charge is 0.508 e. The Balaban J connectivity index is 2.11. The fourth-order valence-electron chi connectivity index (χ4n) is 2.72. The summed E-state index contributed by atoms with van der Waals surface area (Å²) in [7, 11) is 0. The normalized spacial score (nSPS) is 10.9. The molecule has 1 aromatic heterocycles. The van der Waals surface area contributed by atoms with Gasteiger partial charge >= 0.3 is 0 Å². The molecule has 0 amide bonds. The van der Waals surface area contributed by atoms with Gasteiger partial charge in [0.1, 0.15) is 28.8 Å². The minimum Gasteiger partial charge on any atom is -0.508 e. The number of aromatic nitrogens is 3. The molecule has 3 rings (SSSR count). The lowest BCUT2D eigenvalue weighted by Crippen LogP contribution is -2.03. The van der Waals surface area contributed by atoms with Crippen molar-refractivity contribution in [2.45, 2.75) is 32.6 Å². The van der Waals surface area contributed by atoms with E-state index in [4.69, 9.17) is 0 Å². The van der Waals surface area contributed by atoms with Gasteiger partial charge in [0.15, 0.2) is 11.6 Å². The van der Waals surface area contributed by atoms with Crippen molar-refractivity contribution in [1.29, 1.82) is 0 Å². The average Bonchev–Trinajstić information content (AvgIpc) is 2.61. The number of rotatable bonds is 6. The van der Waals surface area contributed by atoms with E-state index in [9.17, 15) is 20.4 Å². The van der Waals surface area contributed by atoms with Crippen molar-refractivity contribution in [2.24, 2.45) is 0 Å². The molecule has 3 aromatic rings.